The van der Waals surface area contributed by atoms with Gasteiger partial charge in [-0.1, -0.05) is 43.2 Å². The predicted octanol–water partition coefficient (Wildman–Crippen LogP) is 4.12. The summed E-state index contributed by atoms with van der Waals surface area (Å²) in [4.78, 5) is 30.7. The molecule has 2 unspecified atom stereocenters. The van der Waals surface area contributed by atoms with Crippen molar-refractivity contribution in [3.63, 3.8) is 0 Å². The normalized spacial score (nSPS) is 20.5. The highest BCUT2D eigenvalue weighted by Crippen LogP contribution is 2.36. The van der Waals surface area contributed by atoms with Gasteiger partial charge in [-0.05, 0) is 69.1 Å². The van der Waals surface area contributed by atoms with Crippen LogP contribution in [0.4, 0.5) is 11.4 Å². The van der Waals surface area contributed by atoms with Gasteiger partial charge in [0.15, 0.2) is 0 Å². The topological polar surface area (TPSA) is 52.7 Å². The molecule has 2 aromatic carbocycles. The van der Waals surface area contributed by atoms with Crippen molar-refractivity contribution >= 4 is 23.2 Å². The number of likely N-dealkylation sites (N-methyl/N-ethyl adjacent to an activating group) is 1. The fourth-order valence-corrected chi connectivity index (χ4v) is 4.85. The van der Waals surface area contributed by atoms with Crippen LogP contribution in [0.1, 0.15) is 36.8 Å². The molecule has 5 nitrogen and oxygen atoms in total. The lowest BCUT2D eigenvalue weighted by molar-refractivity contribution is -0.132. The fourth-order valence-electron chi connectivity index (χ4n) is 4.85. The van der Waals surface area contributed by atoms with Gasteiger partial charge in [0.2, 0.25) is 11.8 Å². The van der Waals surface area contributed by atoms with Gasteiger partial charge < -0.3 is 15.1 Å². The maximum Gasteiger partial charge on any atom is 0.230 e. The maximum atomic E-state index is 13.4. The molecule has 0 saturated heterocycles. The molecule has 0 bridgehead atoms. The van der Waals surface area contributed by atoms with Gasteiger partial charge in [-0.2, -0.15) is 0 Å². The lowest BCUT2D eigenvalue weighted by atomic mass is 9.77. The second kappa shape index (κ2) is 9.65. The number of hydrogen-bond acceptors (Lipinski definition) is 3. The highest BCUT2D eigenvalue weighted by atomic mass is 16.2. The van der Waals surface area contributed by atoms with Crippen LogP contribution in [0, 0.1) is 11.8 Å². The van der Waals surface area contributed by atoms with Crippen LogP contribution in [-0.4, -0.2) is 43.9 Å². The molecule has 0 aromatic heterocycles. The van der Waals surface area contributed by atoms with E-state index in [0.29, 0.717) is 0 Å². The Hall–Kier alpha value is -2.66. The van der Waals surface area contributed by atoms with Gasteiger partial charge in [0.25, 0.3) is 0 Å². The molecule has 1 N–H and O–H groups in total. The number of rotatable bonds is 6. The largest absolute Gasteiger partial charge is 0.326 e. The number of nitrogens with zero attached hydrogens (tertiary/aromatic N) is 2. The third-order valence-electron chi connectivity index (χ3n) is 6.64. The summed E-state index contributed by atoms with van der Waals surface area (Å²) in [5, 5.41) is 3.08. The Balaban J connectivity index is 1.42. The van der Waals surface area contributed by atoms with E-state index in [1.54, 1.807) is 0 Å². The average Bonchev–Trinajstić information content (AvgIpc) is 3.22. The van der Waals surface area contributed by atoms with E-state index in [2.05, 4.69) is 42.5 Å². The quantitative estimate of drug-likeness (QED) is 0.766. The van der Waals surface area contributed by atoms with Crippen molar-refractivity contribution in [1.82, 2.24) is 4.90 Å². The van der Waals surface area contributed by atoms with Crippen molar-refractivity contribution in [2.24, 2.45) is 11.8 Å². The van der Waals surface area contributed by atoms with E-state index in [-0.39, 0.29) is 23.7 Å². The number of para-hydroxylation sites is 1. The highest BCUT2D eigenvalue weighted by molar-refractivity contribution is 6.02. The van der Waals surface area contributed by atoms with Crippen LogP contribution in [0.3, 0.4) is 0 Å². The Morgan fingerprint density at radius 1 is 1.00 bits per heavy atom. The average molecular weight is 420 g/mol. The second-order valence-electron chi connectivity index (χ2n) is 9.11. The number of fused-ring (bicyclic) bond motifs is 1. The summed E-state index contributed by atoms with van der Waals surface area (Å²) in [6, 6.07) is 16.2. The first-order chi connectivity index (χ1) is 15.0. The zero-order valence-corrected chi connectivity index (χ0v) is 18.6. The maximum absolute atomic E-state index is 13.4. The lowest BCUT2D eigenvalue weighted by Gasteiger charge is -2.32. The number of amides is 2. The molecular weight excluding hydrogens is 386 g/mol. The van der Waals surface area contributed by atoms with Gasteiger partial charge >= 0.3 is 0 Å². The lowest BCUT2D eigenvalue weighted by Crippen LogP contribution is -2.43. The molecule has 2 aromatic rings. The van der Waals surface area contributed by atoms with E-state index in [4.69, 9.17) is 0 Å². The van der Waals surface area contributed by atoms with Crippen molar-refractivity contribution in [2.45, 2.75) is 38.5 Å². The standard InChI is InChI=1S/C26H33N3O2/c1-28(2)17-15-19-11-13-21(14-12-19)27-25(30)22-8-4-5-9-23(22)26(31)29-18-16-20-7-3-6-10-24(20)29/h3,6-7,10-14,22-23H,4-5,8-9,15-18H2,1-2H3,(H,27,30). The Labute approximate surface area is 185 Å². The number of benzene rings is 2. The zero-order chi connectivity index (χ0) is 21.8. The van der Waals surface area contributed by atoms with Gasteiger partial charge in [0, 0.05) is 30.4 Å². The van der Waals surface area contributed by atoms with Crippen molar-refractivity contribution in [2.75, 3.05) is 37.4 Å². The number of hydrogen-bond donors (Lipinski definition) is 1. The Bertz CT molecular complexity index is 923. The molecule has 31 heavy (non-hydrogen) atoms. The van der Waals surface area contributed by atoms with Crippen LogP contribution in [0.15, 0.2) is 48.5 Å². The number of nitrogens with one attached hydrogen (secondary N) is 1. The first kappa shape index (κ1) is 21.6. The van der Waals surface area contributed by atoms with Crippen LogP contribution in [0.2, 0.25) is 0 Å². The summed E-state index contributed by atoms with van der Waals surface area (Å²) in [5.41, 5.74) is 4.31. The second-order valence-corrected chi connectivity index (χ2v) is 9.11. The third-order valence-corrected chi connectivity index (χ3v) is 6.64. The Morgan fingerprint density at radius 2 is 1.71 bits per heavy atom. The zero-order valence-electron chi connectivity index (χ0n) is 18.6. The predicted molar refractivity (Wildman–Crippen MR) is 125 cm³/mol. The number of anilines is 2. The molecule has 0 radical (unpaired) electrons. The summed E-state index contributed by atoms with van der Waals surface area (Å²) in [6.45, 7) is 1.72. The highest BCUT2D eigenvalue weighted by Gasteiger charge is 2.39. The van der Waals surface area contributed by atoms with Crippen LogP contribution in [-0.2, 0) is 22.4 Å². The van der Waals surface area contributed by atoms with E-state index in [1.165, 1.54) is 11.1 Å². The molecule has 5 heteroatoms. The summed E-state index contributed by atoms with van der Waals surface area (Å²) in [7, 11) is 4.13. The SMILES string of the molecule is CN(C)CCc1ccc(NC(=O)C2CCCCC2C(=O)N2CCc3ccccc32)cc1. The molecule has 4 rings (SSSR count). The van der Waals surface area contributed by atoms with Gasteiger partial charge in [-0.15, -0.1) is 0 Å². The number of carbonyl (C=O) groups is 2. The summed E-state index contributed by atoms with van der Waals surface area (Å²) in [5.74, 6) is -0.405. The van der Waals surface area contributed by atoms with Gasteiger partial charge in [0.05, 0.1) is 5.92 Å². The molecule has 2 atom stereocenters. The third kappa shape index (κ3) is 4.99. The molecular formula is C26H33N3O2. The first-order valence-electron chi connectivity index (χ1n) is 11.5. The van der Waals surface area contributed by atoms with E-state index in [9.17, 15) is 9.59 Å². The van der Waals surface area contributed by atoms with Crippen molar-refractivity contribution in [3.8, 4) is 0 Å². The van der Waals surface area contributed by atoms with E-state index in [0.717, 1.165) is 63.0 Å². The summed E-state index contributed by atoms with van der Waals surface area (Å²) in [6.07, 6.45) is 5.46. The molecule has 1 saturated carbocycles. The minimum atomic E-state index is -0.262. The molecule has 0 spiro atoms. The van der Waals surface area contributed by atoms with Crippen LogP contribution in [0.25, 0.3) is 0 Å². The minimum Gasteiger partial charge on any atom is -0.326 e. The smallest absolute Gasteiger partial charge is 0.230 e. The minimum absolute atomic E-state index is 0.0217. The van der Waals surface area contributed by atoms with E-state index < -0.39 is 0 Å². The molecule has 1 fully saturated rings. The number of carbonyl (C=O) groups excluding carboxylic acids is 2. The van der Waals surface area contributed by atoms with Crippen molar-refractivity contribution < 1.29 is 9.59 Å². The Kier molecular flexibility index (Phi) is 6.71. The van der Waals surface area contributed by atoms with E-state index >= 15 is 0 Å². The van der Waals surface area contributed by atoms with Crippen LogP contribution < -0.4 is 10.2 Å². The van der Waals surface area contributed by atoms with Gasteiger partial charge in [0.1, 0.15) is 0 Å². The molecule has 1 heterocycles. The first-order valence-corrected chi connectivity index (χ1v) is 11.5. The monoisotopic (exact) mass is 419 g/mol. The molecule has 1 aliphatic heterocycles. The van der Waals surface area contributed by atoms with Gasteiger partial charge in [-0.25, -0.2) is 0 Å². The van der Waals surface area contributed by atoms with Crippen LogP contribution in [0.5, 0.6) is 0 Å². The molecule has 2 aliphatic rings. The fraction of sp³-hybridized carbons (Fsp3) is 0.462. The molecule has 2 amide bonds. The Morgan fingerprint density at radius 3 is 2.45 bits per heavy atom. The summed E-state index contributed by atoms with van der Waals surface area (Å²) >= 11 is 0. The van der Waals surface area contributed by atoms with Crippen molar-refractivity contribution in [1.29, 1.82) is 0 Å². The van der Waals surface area contributed by atoms with Crippen molar-refractivity contribution in [3.05, 3.63) is 59.7 Å². The summed E-state index contributed by atoms with van der Waals surface area (Å²) < 4.78 is 0. The van der Waals surface area contributed by atoms with Crippen LogP contribution >= 0.6 is 0 Å². The molecule has 164 valence electrons. The van der Waals surface area contributed by atoms with Gasteiger partial charge in [-0.3, -0.25) is 9.59 Å². The van der Waals surface area contributed by atoms with E-state index in [1.807, 2.05) is 35.2 Å². The molecule has 1 aliphatic carbocycles.